The van der Waals surface area contributed by atoms with Gasteiger partial charge in [0.15, 0.2) is 0 Å². The molecule has 3 aromatic carbocycles. The number of hydrogen-bond donors (Lipinski definition) is 1. The molecule has 0 saturated heterocycles. The fraction of sp³-hybridized carbons (Fsp3) is 0.217. The first kappa shape index (κ1) is 19.5. The average Bonchev–Trinajstić information content (AvgIpc) is 3.13. The Morgan fingerprint density at radius 3 is 2.31 bits per heavy atom. The van der Waals surface area contributed by atoms with Crippen LogP contribution in [0.25, 0.3) is 0 Å². The SMILES string of the molecule is Cc1ccc(Nc2cccc3c2OC(COS(=O)(=O)c2ccc(C)cc2)C3)cc1. The smallest absolute Gasteiger partial charge is 0.297 e. The summed E-state index contributed by atoms with van der Waals surface area (Å²) < 4.78 is 36.1. The maximum absolute atomic E-state index is 12.4. The van der Waals surface area contributed by atoms with Crippen molar-refractivity contribution in [3.05, 3.63) is 83.4 Å². The normalized spacial score (nSPS) is 15.6. The number of benzene rings is 3. The van der Waals surface area contributed by atoms with Crippen molar-refractivity contribution in [2.75, 3.05) is 11.9 Å². The van der Waals surface area contributed by atoms with E-state index in [-0.39, 0.29) is 17.6 Å². The highest BCUT2D eigenvalue weighted by Crippen LogP contribution is 2.38. The van der Waals surface area contributed by atoms with E-state index in [1.54, 1.807) is 24.3 Å². The van der Waals surface area contributed by atoms with Gasteiger partial charge >= 0.3 is 0 Å². The largest absolute Gasteiger partial charge is 0.485 e. The van der Waals surface area contributed by atoms with Crippen LogP contribution in [0, 0.1) is 13.8 Å². The van der Waals surface area contributed by atoms with Gasteiger partial charge in [0, 0.05) is 17.7 Å². The molecule has 1 N–H and O–H groups in total. The predicted octanol–water partition coefficient (Wildman–Crippen LogP) is 4.76. The molecule has 0 amide bonds. The zero-order chi connectivity index (χ0) is 20.4. The highest BCUT2D eigenvalue weighted by Gasteiger charge is 2.28. The molecule has 0 spiro atoms. The third-order valence-corrected chi connectivity index (χ3v) is 6.17. The molecule has 0 bridgehead atoms. The van der Waals surface area contributed by atoms with Crippen LogP contribution in [0.3, 0.4) is 0 Å². The van der Waals surface area contributed by atoms with Crippen molar-refractivity contribution in [3.63, 3.8) is 0 Å². The molecule has 0 aromatic heterocycles. The summed E-state index contributed by atoms with van der Waals surface area (Å²) in [5.41, 5.74) is 5.04. The molecule has 1 atom stereocenters. The van der Waals surface area contributed by atoms with Gasteiger partial charge in [-0.15, -0.1) is 0 Å². The van der Waals surface area contributed by atoms with Crippen LogP contribution in [-0.2, 0) is 20.7 Å². The van der Waals surface area contributed by atoms with E-state index in [1.165, 1.54) is 5.56 Å². The summed E-state index contributed by atoms with van der Waals surface area (Å²) in [6.45, 7) is 3.92. The molecular weight excluding hydrogens is 386 g/mol. The van der Waals surface area contributed by atoms with E-state index in [1.807, 2.05) is 56.3 Å². The molecule has 1 aliphatic heterocycles. The van der Waals surface area contributed by atoms with Gasteiger partial charge in [-0.05, 0) is 44.2 Å². The summed E-state index contributed by atoms with van der Waals surface area (Å²) in [6, 6.07) is 20.6. The van der Waals surface area contributed by atoms with E-state index in [2.05, 4.69) is 5.32 Å². The summed E-state index contributed by atoms with van der Waals surface area (Å²) in [7, 11) is -3.81. The lowest BCUT2D eigenvalue weighted by Gasteiger charge is -2.14. The monoisotopic (exact) mass is 409 g/mol. The molecule has 1 unspecified atom stereocenters. The Hall–Kier alpha value is -2.83. The van der Waals surface area contributed by atoms with Crippen LogP contribution >= 0.6 is 0 Å². The highest BCUT2D eigenvalue weighted by atomic mass is 32.2. The Balaban J connectivity index is 1.44. The van der Waals surface area contributed by atoms with Gasteiger partial charge in [0.2, 0.25) is 0 Å². The van der Waals surface area contributed by atoms with E-state index in [4.69, 9.17) is 8.92 Å². The van der Waals surface area contributed by atoms with Gasteiger partial charge in [-0.3, -0.25) is 4.18 Å². The molecule has 5 nitrogen and oxygen atoms in total. The zero-order valence-electron chi connectivity index (χ0n) is 16.4. The molecule has 4 rings (SSSR count). The van der Waals surface area contributed by atoms with Crippen molar-refractivity contribution in [2.45, 2.75) is 31.3 Å². The van der Waals surface area contributed by atoms with E-state index in [0.717, 1.165) is 28.3 Å². The number of aryl methyl sites for hydroxylation is 2. The number of hydrogen-bond acceptors (Lipinski definition) is 5. The second-order valence-electron chi connectivity index (χ2n) is 7.28. The topological polar surface area (TPSA) is 64.6 Å². The molecular formula is C23H23NO4S. The van der Waals surface area contributed by atoms with Gasteiger partial charge < -0.3 is 10.1 Å². The Morgan fingerprint density at radius 1 is 0.966 bits per heavy atom. The lowest BCUT2D eigenvalue weighted by molar-refractivity contribution is 0.153. The number of anilines is 2. The van der Waals surface area contributed by atoms with Gasteiger partial charge in [-0.2, -0.15) is 8.42 Å². The fourth-order valence-corrected chi connectivity index (χ4v) is 4.20. The fourth-order valence-electron chi connectivity index (χ4n) is 3.26. The maximum Gasteiger partial charge on any atom is 0.297 e. The summed E-state index contributed by atoms with van der Waals surface area (Å²) >= 11 is 0. The van der Waals surface area contributed by atoms with E-state index >= 15 is 0 Å². The summed E-state index contributed by atoms with van der Waals surface area (Å²) in [5.74, 6) is 0.745. The minimum atomic E-state index is -3.81. The standard InChI is InChI=1S/C23H23NO4S/c1-16-6-10-19(11-7-16)24-22-5-3-4-18-14-20(28-23(18)22)15-27-29(25,26)21-12-8-17(2)9-13-21/h3-13,20,24H,14-15H2,1-2H3. The molecule has 1 heterocycles. The van der Waals surface area contributed by atoms with Gasteiger partial charge in [-0.25, -0.2) is 0 Å². The summed E-state index contributed by atoms with van der Waals surface area (Å²) in [5, 5.41) is 3.37. The maximum atomic E-state index is 12.4. The zero-order valence-corrected chi connectivity index (χ0v) is 17.2. The van der Waals surface area contributed by atoms with Crippen LogP contribution in [0.4, 0.5) is 11.4 Å². The molecule has 0 radical (unpaired) electrons. The van der Waals surface area contributed by atoms with E-state index in [0.29, 0.717) is 6.42 Å². The van der Waals surface area contributed by atoms with Crippen LogP contribution in [0.5, 0.6) is 5.75 Å². The van der Waals surface area contributed by atoms with Crippen molar-refractivity contribution in [1.29, 1.82) is 0 Å². The number of para-hydroxylation sites is 1. The van der Waals surface area contributed by atoms with Crippen molar-refractivity contribution in [2.24, 2.45) is 0 Å². The Kier molecular flexibility index (Phi) is 5.30. The average molecular weight is 410 g/mol. The summed E-state index contributed by atoms with van der Waals surface area (Å²) in [4.78, 5) is 0.153. The van der Waals surface area contributed by atoms with Crippen molar-refractivity contribution in [3.8, 4) is 5.75 Å². The molecule has 3 aromatic rings. The molecule has 150 valence electrons. The molecule has 29 heavy (non-hydrogen) atoms. The number of fused-ring (bicyclic) bond motifs is 1. The van der Waals surface area contributed by atoms with Crippen molar-refractivity contribution in [1.82, 2.24) is 0 Å². The summed E-state index contributed by atoms with van der Waals surface area (Å²) in [6.07, 6.45) is 0.244. The molecule has 0 aliphatic carbocycles. The second kappa shape index (κ2) is 7.89. The first-order chi connectivity index (χ1) is 13.9. The number of rotatable bonds is 6. The Labute approximate surface area is 171 Å². The predicted molar refractivity (Wildman–Crippen MR) is 113 cm³/mol. The molecule has 0 saturated carbocycles. The molecule has 6 heteroatoms. The number of nitrogens with one attached hydrogen (secondary N) is 1. The quantitative estimate of drug-likeness (QED) is 0.595. The van der Waals surface area contributed by atoms with Crippen LogP contribution in [0.15, 0.2) is 71.6 Å². The lowest BCUT2D eigenvalue weighted by atomic mass is 10.1. The van der Waals surface area contributed by atoms with Gasteiger partial charge in [-0.1, -0.05) is 47.5 Å². The Bertz CT molecular complexity index is 1110. The molecule has 1 aliphatic rings. The third kappa shape index (κ3) is 4.44. The van der Waals surface area contributed by atoms with Crippen LogP contribution in [0.1, 0.15) is 16.7 Å². The van der Waals surface area contributed by atoms with E-state index < -0.39 is 10.1 Å². The minimum Gasteiger partial charge on any atom is -0.485 e. The van der Waals surface area contributed by atoms with Gasteiger partial charge in [0.25, 0.3) is 10.1 Å². The van der Waals surface area contributed by atoms with Gasteiger partial charge in [0.05, 0.1) is 10.6 Å². The number of ether oxygens (including phenoxy) is 1. The second-order valence-corrected chi connectivity index (χ2v) is 8.90. The van der Waals surface area contributed by atoms with Crippen molar-refractivity contribution >= 4 is 21.5 Å². The first-order valence-corrected chi connectivity index (χ1v) is 10.9. The third-order valence-electron chi connectivity index (χ3n) is 4.88. The first-order valence-electron chi connectivity index (χ1n) is 9.49. The van der Waals surface area contributed by atoms with Crippen LogP contribution in [0.2, 0.25) is 0 Å². The van der Waals surface area contributed by atoms with Crippen LogP contribution in [-0.4, -0.2) is 21.1 Å². The molecule has 0 fully saturated rings. The van der Waals surface area contributed by atoms with Crippen molar-refractivity contribution < 1.29 is 17.3 Å². The van der Waals surface area contributed by atoms with E-state index in [9.17, 15) is 8.42 Å². The lowest BCUT2D eigenvalue weighted by Crippen LogP contribution is -2.23. The highest BCUT2D eigenvalue weighted by molar-refractivity contribution is 7.86. The minimum absolute atomic E-state index is 0.0329. The van der Waals surface area contributed by atoms with Gasteiger partial charge in [0.1, 0.15) is 18.5 Å². The Morgan fingerprint density at radius 2 is 1.62 bits per heavy atom. The van der Waals surface area contributed by atoms with Crippen LogP contribution < -0.4 is 10.1 Å².